The number of hydrogen-bond donors (Lipinski definition) is 0. The fraction of sp³-hybridized carbons (Fsp3) is 0.519. The summed E-state index contributed by atoms with van der Waals surface area (Å²) in [4.78, 5) is 17.3. The van der Waals surface area contributed by atoms with Gasteiger partial charge in [-0.05, 0) is 79.4 Å². The number of carbonyl (C=O) groups is 1. The maximum Gasteiger partial charge on any atom is 0.227 e. The molecule has 7 nitrogen and oxygen atoms in total. The Morgan fingerprint density at radius 3 is 2.09 bits per heavy atom. The van der Waals surface area contributed by atoms with Crippen molar-refractivity contribution in [2.45, 2.75) is 31.6 Å². The van der Waals surface area contributed by atoms with E-state index in [4.69, 9.17) is 18.9 Å². The van der Waals surface area contributed by atoms with Gasteiger partial charge in [-0.25, -0.2) is 0 Å². The average Bonchev–Trinajstić information content (AvgIpc) is 2.98. The molecule has 1 aliphatic heterocycles. The van der Waals surface area contributed by atoms with E-state index in [1.54, 1.807) is 28.4 Å². The molecular formula is C27H37IN2O5. The van der Waals surface area contributed by atoms with Gasteiger partial charge < -0.3 is 28.7 Å². The van der Waals surface area contributed by atoms with Gasteiger partial charge in [-0.2, -0.15) is 0 Å². The first-order valence-corrected chi connectivity index (χ1v) is 11.9. The average molecular weight is 597 g/mol. The van der Waals surface area contributed by atoms with Crippen molar-refractivity contribution in [3.05, 3.63) is 46.5 Å². The summed E-state index contributed by atoms with van der Waals surface area (Å²) in [5.41, 5.74) is 4.91. The first-order chi connectivity index (χ1) is 16.5. The Labute approximate surface area is 225 Å². The van der Waals surface area contributed by atoms with Gasteiger partial charge in [0.05, 0.1) is 34.9 Å². The molecule has 4 rings (SSSR count). The van der Waals surface area contributed by atoms with Crippen LogP contribution < -0.4 is 18.9 Å². The van der Waals surface area contributed by atoms with E-state index in [-0.39, 0.29) is 29.9 Å². The molecular weight excluding hydrogens is 559 g/mol. The van der Waals surface area contributed by atoms with Crippen LogP contribution in [0.1, 0.15) is 34.6 Å². The molecule has 0 fully saturated rings. The molecule has 0 saturated heterocycles. The van der Waals surface area contributed by atoms with Crippen LogP contribution >= 0.6 is 24.0 Å². The minimum atomic E-state index is 0. The molecule has 0 saturated carbocycles. The van der Waals surface area contributed by atoms with Crippen LogP contribution in [0.15, 0.2) is 24.3 Å². The fourth-order valence-corrected chi connectivity index (χ4v) is 5.15. The molecule has 0 unspecified atom stereocenters. The van der Waals surface area contributed by atoms with Gasteiger partial charge in [0, 0.05) is 25.6 Å². The Hall–Kier alpha value is -2.20. The largest absolute Gasteiger partial charge is 0.493 e. The summed E-state index contributed by atoms with van der Waals surface area (Å²) >= 11 is 0. The third-order valence-corrected chi connectivity index (χ3v) is 7.10. The molecule has 0 spiro atoms. The third-order valence-electron chi connectivity index (χ3n) is 7.10. The summed E-state index contributed by atoms with van der Waals surface area (Å²) in [7, 11) is 8.79. The Kier molecular flexibility index (Phi) is 9.52. The van der Waals surface area contributed by atoms with Crippen molar-refractivity contribution in [1.82, 2.24) is 9.80 Å². The first-order valence-electron chi connectivity index (χ1n) is 11.9. The van der Waals surface area contributed by atoms with Crippen molar-refractivity contribution in [2.75, 3.05) is 61.7 Å². The zero-order valence-corrected chi connectivity index (χ0v) is 23.7. The molecule has 0 aromatic heterocycles. The van der Waals surface area contributed by atoms with Crippen LogP contribution in [0.2, 0.25) is 0 Å². The van der Waals surface area contributed by atoms with Crippen molar-refractivity contribution >= 4 is 29.9 Å². The topological polar surface area (TPSA) is 60.5 Å². The van der Waals surface area contributed by atoms with Crippen LogP contribution in [0, 0.1) is 0 Å². The number of hydrogen-bond acceptors (Lipinski definition) is 6. The van der Waals surface area contributed by atoms with E-state index in [2.05, 4.69) is 24.1 Å². The number of amides is 1. The van der Waals surface area contributed by atoms with Crippen LogP contribution in [-0.2, 0) is 24.1 Å². The monoisotopic (exact) mass is 596 g/mol. The van der Waals surface area contributed by atoms with Crippen molar-refractivity contribution in [2.24, 2.45) is 0 Å². The third kappa shape index (κ3) is 5.97. The number of methoxy groups -OCH3 is 4. The second-order valence-corrected chi connectivity index (χ2v) is 9.21. The van der Waals surface area contributed by atoms with Crippen LogP contribution in [0.3, 0.4) is 0 Å². The number of benzene rings is 2. The van der Waals surface area contributed by atoms with E-state index in [0.29, 0.717) is 18.1 Å². The molecule has 1 aliphatic carbocycles. The van der Waals surface area contributed by atoms with E-state index in [9.17, 15) is 4.79 Å². The summed E-state index contributed by atoms with van der Waals surface area (Å²) in [5, 5.41) is 0. The van der Waals surface area contributed by atoms with Gasteiger partial charge in [0.15, 0.2) is 23.0 Å². The highest BCUT2D eigenvalue weighted by Crippen LogP contribution is 2.42. The Balaban J connectivity index is 0.00000342. The van der Waals surface area contributed by atoms with Crippen molar-refractivity contribution < 1.29 is 23.7 Å². The smallest absolute Gasteiger partial charge is 0.227 e. The maximum absolute atomic E-state index is 12.9. The highest BCUT2D eigenvalue weighted by Gasteiger charge is 2.29. The van der Waals surface area contributed by atoms with Crippen molar-refractivity contribution in [3.8, 4) is 23.0 Å². The number of rotatable bonds is 10. The van der Waals surface area contributed by atoms with Crippen LogP contribution in [0.4, 0.5) is 0 Å². The number of likely N-dealkylation sites (N-methyl/N-ethyl adjacent to an activating group) is 1. The minimum absolute atomic E-state index is 0. The molecule has 0 N–H and O–H groups in total. The molecule has 0 bridgehead atoms. The Bertz CT molecular complexity index is 1040. The number of carbonyl (C=O) groups excluding carboxylic acids is 1. The summed E-state index contributed by atoms with van der Waals surface area (Å²) in [5.74, 6) is 3.69. The van der Waals surface area contributed by atoms with Crippen LogP contribution in [-0.4, -0.2) is 77.4 Å². The SMILES string of the molecule is COc1cc2c(cc1OC)CC(=O)N(CCCN(C)C[C@H]1Cc3cc(OC)c(OC)cc31)CC2.I. The fourth-order valence-electron chi connectivity index (χ4n) is 5.15. The molecule has 1 heterocycles. The summed E-state index contributed by atoms with van der Waals surface area (Å²) < 4.78 is 21.7. The number of fused-ring (bicyclic) bond motifs is 2. The zero-order valence-electron chi connectivity index (χ0n) is 21.4. The van der Waals surface area contributed by atoms with E-state index in [0.717, 1.165) is 68.3 Å². The van der Waals surface area contributed by atoms with Gasteiger partial charge in [-0.3, -0.25) is 4.79 Å². The number of nitrogens with zero attached hydrogens (tertiary/aromatic N) is 2. The molecule has 8 heteroatoms. The van der Waals surface area contributed by atoms with E-state index >= 15 is 0 Å². The lowest BCUT2D eigenvalue weighted by molar-refractivity contribution is -0.130. The maximum atomic E-state index is 12.9. The molecule has 1 atom stereocenters. The predicted octanol–water partition coefficient (Wildman–Crippen LogP) is 3.93. The van der Waals surface area contributed by atoms with Crippen LogP contribution in [0.5, 0.6) is 23.0 Å². The van der Waals surface area contributed by atoms with E-state index in [1.165, 1.54) is 16.7 Å². The summed E-state index contributed by atoms with van der Waals surface area (Å²) in [6.45, 7) is 3.47. The lowest BCUT2D eigenvalue weighted by atomic mass is 9.77. The molecule has 0 radical (unpaired) electrons. The zero-order chi connectivity index (χ0) is 24.2. The molecule has 1 amide bonds. The molecule has 35 heavy (non-hydrogen) atoms. The van der Waals surface area contributed by atoms with Gasteiger partial charge >= 0.3 is 0 Å². The number of ether oxygens (including phenoxy) is 4. The lowest BCUT2D eigenvalue weighted by Gasteiger charge is -2.34. The quantitative estimate of drug-likeness (QED) is 0.388. The van der Waals surface area contributed by atoms with Gasteiger partial charge in [0.25, 0.3) is 0 Å². The summed E-state index contributed by atoms with van der Waals surface area (Å²) in [6, 6.07) is 8.18. The van der Waals surface area contributed by atoms with Gasteiger partial charge in [-0.15, -0.1) is 24.0 Å². The highest BCUT2D eigenvalue weighted by molar-refractivity contribution is 14.0. The number of halogens is 1. The predicted molar refractivity (Wildman–Crippen MR) is 147 cm³/mol. The Morgan fingerprint density at radius 2 is 1.46 bits per heavy atom. The van der Waals surface area contributed by atoms with Gasteiger partial charge in [-0.1, -0.05) is 0 Å². The summed E-state index contributed by atoms with van der Waals surface area (Å²) in [6.07, 6.45) is 3.27. The second kappa shape index (κ2) is 12.2. The lowest BCUT2D eigenvalue weighted by Crippen LogP contribution is -2.36. The Morgan fingerprint density at radius 1 is 0.886 bits per heavy atom. The van der Waals surface area contributed by atoms with Crippen molar-refractivity contribution in [1.29, 1.82) is 0 Å². The van der Waals surface area contributed by atoms with E-state index < -0.39 is 0 Å². The normalized spacial score (nSPS) is 16.5. The van der Waals surface area contributed by atoms with E-state index in [1.807, 2.05) is 17.0 Å². The second-order valence-electron chi connectivity index (χ2n) is 9.21. The minimum Gasteiger partial charge on any atom is -0.493 e. The van der Waals surface area contributed by atoms with Crippen molar-refractivity contribution in [3.63, 3.8) is 0 Å². The van der Waals surface area contributed by atoms with Gasteiger partial charge in [0.1, 0.15) is 0 Å². The standard InChI is InChI=1S/C27H36N2O5.HI/c1-28(17-21-11-20-14-25(33-4)26(34-5)16-22(20)21)8-6-9-29-10-7-18-12-23(31-2)24(32-3)13-19(18)15-27(29)30;/h12-14,16,21H,6-11,15,17H2,1-5H3;1H/t21-;/m1./s1. The van der Waals surface area contributed by atoms with Crippen LogP contribution in [0.25, 0.3) is 0 Å². The molecule has 192 valence electrons. The molecule has 2 aliphatic rings. The molecule has 2 aromatic rings. The molecule has 2 aromatic carbocycles. The van der Waals surface area contributed by atoms with Gasteiger partial charge in [0.2, 0.25) is 5.91 Å². The first kappa shape index (κ1) is 27.4. The highest BCUT2D eigenvalue weighted by atomic mass is 127.